The van der Waals surface area contributed by atoms with E-state index in [1.54, 1.807) is 0 Å². The average Bonchev–Trinajstić information content (AvgIpc) is 2.98. The standard InChI is InChI=1S/C14H22N4/c1-15-7-9-17(11-15)13-3-5-14(6-4-13)18-10-8-16(2)12-18/h7-14H,3-6H2,1-2H3/q+2. The molecule has 0 atom stereocenters. The van der Waals surface area contributed by atoms with Crippen LogP contribution in [0.25, 0.3) is 0 Å². The Morgan fingerprint density at radius 1 is 0.778 bits per heavy atom. The molecule has 2 aromatic rings. The van der Waals surface area contributed by atoms with Gasteiger partial charge < -0.3 is 0 Å². The quantitative estimate of drug-likeness (QED) is 0.711. The lowest BCUT2D eigenvalue weighted by Crippen LogP contribution is -2.26. The fourth-order valence-corrected chi connectivity index (χ4v) is 3.03. The molecular formula is C14H22N4+2. The molecule has 2 aromatic heterocycles. The van der Waals surface area contributed by atoms with Gasteiger partial charge in [0.25, 0.3) is 0 Å². The fourth-order valence-electron chi connectivity index (χ4n) is 3.03. The third-order valence-corrected chi connectivity index (χ3v) is 4.09. The van der Waals surface area contributed by atoms with Gasteiger partial charge in [0.05, 0.1) is 14.1 Å². The number of aryl methyl sites for hydroxylation is 2. The Balaban J connectivity index is 1.64. The molecule has 0 bridgehead atoms. The Morgan fingerprint density at radius 3 is 1.44 bits per heavy atom. The Hall–Kier alpha value is -1.58. The maximum absolute atomic E-state index is 2.37. The Bertz CT molecular complexity index is 469. The van der Waals surface area contributed by atoms with E-state index in [2.05, 4.69) is 69.8 Å². The summed E-state index contributed by atoms with van der Waals surface area (Å²) >= 11 is 0. The van der Waals surface area contributed by atoms with Crippen molar-refractivity contribution in [1.29, 1.82) is 0 Å². The minimum absolute atomic E-state index is 0.687. The van der Waals surface area contributed by atoms with Crippen LogP contribution in [0.5, 0.6) is 0 Å². The lowest BCUT2D eigenvalue weighted by atomic mass is 9.91. The van der Waals surface area contributed by atoms with E-state index in [-0.39, 0.29) is 0 Å². The van der Waals surface area contributed by atoms with E-state index >= 15 is 0 Å². The van der Waals surface area contributed by atoms with Gasteiger partial charge >= 0.3 is 0 Å². The molecule has 1 saturated carbocycles. The zero-order chi connectivity index (χ0) is 12.5. The van der Waals surface area contributed by atoms with E-state index in [4.69, 9.17) is 0 Å². The molecule has 4 nitrogen and oxygen atoms in total. The van der Waals surface area contributed by atoms with Crippen LogP contribution in [0.2, 0.25) is 0 Å². The molecule has 0 amide bonds. The Labute approximate surface area is 108 Å². The van der Waals surface area contributed by atoms with Crippen LogP contribution in [0.4, 0.5) is 0 Å². The van der Waals surface area contributed by atoms with Crippen molar-refractivity contribution in [2.75, 3.05) is 0 Å². The number of hydrogen-bond donors (Lipinski definition) is 0. The summed E-state index contributed by atoms with van der Waals surface area (Å²) in [7, 11) is 4.17. The van der Waals surface area contributed by atoms with Crippen LogP contribution in [0.15, 0.2) is 37.4 Å². The van der Waals surface area contributed by atoms with Gasteiger partial charge in [-0.2, -0.15) is 0 Å². The normalized spacial score (nSPS) is 24.3. The van der Waals surface area contributed by atoms with Gasteiger partial charge in [0.1, 0.15) is 36.9 Å². The first-order valence-corrected chi connectivity index (χ1v) is 6.78. The molecule has 0 spiro atoms. The largest absolute Gasteiger partial charge is 0.243 e. The summed E-state index contributed by atoms with van der Waals surface area (Å²) in [5.41, 5.74) is 0. The molecule has 4 heteroatoms. The molecule has 1 aliphatic rings. The highest BCUT2D eigenvalue weighted by molar-refractivity contribution is 4.84. The summed E-state index contributed by atoms with van der Waals surface area (Å²) in [5.74, 6) is 0. The lowest BCUT2D eigenvalue weighted by molar-refractivity contribution is -0.671. The topological polar surface area (TPSA) is 17.6 Å². The van der Waals surface area contributed by atoms with Gasteiger partial charge in [-0.15, -0.1) is 0 Å². The van der Waals surface area contributed by atoms with Gasteiger partial charge in [-0.25, -0.2) is 18.3 Å². The van der Waals surface area contributed by atoms with E-state index in [9.17, 15) is 0 Å². The van der Waals surface area contributed by atoms with Crippen molar-refractivity contribution in [2.24, 2.45) is 14.1 Å². The van der Waals surface area contributed by atoms with E-state index in [1.807, 2.05) is 0 Å². The molecule has 1 fully saturated rings. The van der Waals surface area contributed by atoms with Crippen molar-refractivity contribution in [2.45, 2.75) is 37.8 Å². The zero-order valence-corrected chi connectivity index (χ0v) is 11.2. The van der Waals surface area contributed by atoms with E-state index in [1.165, 1.54) is 25.7 Å². The smallest absolute Gasteiger partial charge is 0.240 e. The highest BCUT2D eigenvalue weighted by atomic mass is 15.1. The maximum Gasteiger partial charge on any atom is 0.243 e. The van der Waals surface area contributed by atoms with Crippen LogP contribution < -0.4 is 9.13 Å². The lowest BCUT2D eigenvalue weighted by Gasteiger charge is -2.24. The van der Waals surface area contributed by atoms with Gasteiger partial charge in [0, 0.05) is 0 Å². The minimum atomic E-state index is 0.687. The second-order valence-corrected chi connectivity index (χ2v) is 5.51. The van der Waals surface area contributed by atoms with Crippen molar-refractivity contribution in [3.8, 4) is 0 Å². The number of rotatable bonds is 2. The molecule has 0 N–H and O–H groups in total. The highest BCUT2D eigenvalue weighted by Crippen LogP contribution is 2.34. The third-order valence-electron chi connectivity index (χ3n) is 4.09. The number of aromatic nitrogens is 4. The van der Waals surface area contributed by atoms with Crippen molar-refractivity contribution in [3.05, 3.63) is 37.4 Å². The first-order chi connectivity index (χ1) is 8.72. The van der Waals surface area contributed by atoms with Crippen molar-refractivity contribution in [3.63, 3.8) is 0 Å². The van der Waals surface area contributed by atoms with E-state index < -0.39 is 0 Å². The average molecular weight is 246 g/mol. The monoisotopic (exact) mass is 246 g/mol. The second-order valence-electron chi connectivity index (χ2n) is 5.51. The van der Waals surface area contributed by atoms with Crippen LogP contribution in [0, 0.1) is 0 Å². The summed E-state index contributed by atoms with van der Waals surface area (Å²) in [6.07, 6.45) is 18.1. The molecule has 0 unspecified atom stereocenters. The SMILES string of the molecule is C[n+]1ccn(C2CCC(n3cc[n+](C)c3)CC2)c1. The molecule has 2 heterocycles. The molecule has 0 aromatic carbocycles. The predicted molar refractivity (Wildman–Crippen MR) is 67.8 cm³/mol. The molecule has 96 valence electrons. The van der Waals surface area contributed by atoms with Gasteiger partial charge in [-0.1, -0.05) is 0 Å². The highest BCUT2D eigenvalue weighted by Gasteiger charge is 2.28. The third kappa shape index (κ3) is 2.19. The van der Waals surface area contributed by atoms with Crippen LogP contribution in [-0.2, 0) is 14.1 Å². The zero-order valence-electron chi connectivity index (χ0n) is 11.2. The molecule has 0 saturated heterocycles. The van der Waals surface area contributed by atoms with Crippen LogP contribution in [0.3, 0.4) is 0 Å². The first kappa shape index (κ1) is 11.5. The van der Waals surface area contributed by atoms with Crippen molar-refractivity contribution >= 4 is 0 Å². The Morgan fingerprint density at radius 2 is 1.17 bits per heavy atom. The Kier molecular flexibility index (Phi) is 2.94. The maximum atomic E-state index is 2.37. The molecule has 18 heavy (non-hydrogen) atoms. The van der Waals surface area contributed by atoms with Crippen molar-refractivity contribution < 1.29 is 9.13 Å². The fraction of sp³-hybridized carbons (Fsp3) is 0.571. The molecule has 1 aliphatic carbocycles. The van der Waals surface area contributed by atoms with Gasteiger partial charge in [0.2, 0.25) is 12.7 Å². The van der Waals surface area contributed by atoms with Crippen molar-refractivity contribution in [1.82, 2.24) is 9.13 Å². The van der Waals surface area contributed by atoms with E-state index in [0.717, 1.165) is 0 Å². The summed E-state index contributed by atoms with van der Waals surface area (Å²) < 4.78 is 8.98. The van der Waals surface area contributed by atoms with E-state index in [0.29, 0.717) is 12.1 Å². The summed E-state index contributed by atoms with van der Waals surface area (Å²) in [4.78, 5) is 0. The van der Waals surface area contributed by atoms with Crippen LogP contribution in [0.1, 0.15) is 37.8 Å². The van der Waals surface area contributed by atoms with Gasteiger partial charge in [0.15, 0.2) is 0 Å². The summed E-state index contributed by atoms with van der Waals surface area (Å²) in [5, 5.41) is 0. The van der Waals surface area contributed by atoms with Gasteiger partial charge in [-0.05, 0) is 25.7 Å². The number of imidazole rings is 2. The summed E-state index contributed by atoms with van der Waals surface area (Å²) in [6, 6.07) is 1.37. The van der Waals surface area contributed by atoms with Crippen LogP contribution >= 0.6 is 0 Å². The summed E-state index contributed by atoms with van der Waals surface area (Å²) in [6.45, 7) is 0. The first-order valence-electron chi connectivity index (χ1n) is 6.78. The second kappa shape index (κ2) is 4.59. The number of hydrogen-bond acceptors (Lipinski definition) is 0. The molecule has 0 aliphatic heterocycles. The minimum Gasteiger partial charge on any atom is -0.240 e. The molecule has 0 radical (unpaired) electrons. The number of nitrogens with zero attached hydrogens (tertiary/aromatic N) is 4. The van der Waals surface area contributed by atoms with Gasteiger partial charge in [-0.3, -0.25) is 0 Å². The molecular weight excluding hydrogens is 224 g/mol. The molecule has 3 rings (SSSR count). The predicted octanol–water partition coefficient (Wildman–Crippen LogP) is 1.29. The van der Waals surface area contributed by atoms with Crippen LogP contribution in [-0.4, -0.2) is 9.13 Å².